The highest BCUT2D eigenvalue weighted by atomic mass is 35.5. The van der Waals surface area contributed by atoms with E-state index in [-0.39, 0.29) is 5.69 Å². The maximum atomic E-state index is 13.8. The Morgan fingerprint density at radius 1 is 1.06 bits per heavy atom. The van der Waals surface area contributed by atoms with Crippen LogP contribution in [0, 0.1) is 5.82 Å². The van der Waals surface area contributed by atoms with Crippen LogP contribution in [0.15, 0.2) is 42.5 Å². The predicted molar refractivity (Wildman–Crippen MR) is 63.8 cm³/mol. The molecule has 1 heterocycles. The van der Waals surface area contributed by atoms with Gasteiger partial charge in [-0.3, -0.25) is 0 Å². The lowest BCUT2D eigenvalue weighted by Crippen LogP contribution is -2.00. The van der Waals surface area contributed by atoms with E-state index in [1.807, 2.05) is 24.3 Å². The Morgan fingerprint density at radius 2 is 1.88 bits per heavy atom. The van der Waals surface area contributed by atoms with Crippen molar-refractivity contribution in [3.8, 4) is 5.69 Å². The molecule has 5 heteroatoms. The van der Waals surface area contributed by atoms with Crippen LogP contribution in [0.5, 0.6) is 0 Å². The van der Waals surface area contributed by atoms with Gasteiger partial charge in [-0.15, -0.1) is 5.10 Å². The van der Waals surface area contributed by atoms with Crippen molar-refractivity contribution in [2.75, 3.05) is 0 Å². The third kappa shape index (κ3) is 1.57. The highest BCUT2D eigenvalue weighted by Crippen LogP contribution is 2.25. The van der Waals surface area contributed by atoms with Gasteiger partial charge in [0.15, 0.2) is 0 Å². The number of nitrogens with zero attached hydrogens (tertiary/aromatic N) is 3. The van der Waals surface area contributed by atoms with E-state index in [0.717, 1.165) is 5.52 Å². The molecule has 1 aromatic heterocycles. The molecule has 84 valence electrons. The summed E-state index contributed by atoms with van der Waals surface area (Å²) in [6.45, 7) is 0. The summed E-state index contributed by atoms with van der Waals surface area (Å²) in [6.07, 6.45) is 0. The Labute approximate surface area is 101 Å². The molecule has 3 rings (SSSR count). The number of fused-ring (bicyclic) bond motifs is 1. The Balaban J connectivity index is 2.35. The fraction of sp³-hybridized carbons (Fsp3) is 0. The third-order valence-corrected chi connectivity index (χ3v) is 2.81. The van der Waals surface area contributed by atoms with E-state index in [1.165, 1.54) is 10.7 Å². The molecular weight excluding hydrogens is 241 g/mol. The van der Waals surface area contributed by atoms with E-state index in [4.69, 9.17) is 11.6 Å². The SMILES string of the molecule is Fc1cccc(Cl)c1-n1nnc2ccccc21. The van der Waals surface area contributed by atoms with Gasteiger partial charge >= 0.3 is 0 Å². The van der Waals surface area contributed by atoms with Crippen LogP contribution in [0.25, 0.3) is 16.7 Å². The summed E-state index contributed by atoms with van der Waals surface area (Å²) in [5, 5.41) is 8.20. The van der Waals surface area contributed by atoms with Crippen LogP contribution in [0.2, 0.25) is 5.02 Å². The molecule has 0 aliphatic heterocycles. The molecule has 0 unspecified atom stereocenters. The summed E-state index contributed by atoms with van der Waals surface area (Å²) >= 11 is 5.99. The maximum absolute atomic E-state index is 13.8. The molecule has 0 atom stereocenters. The van der Waals surface area contributed by atoms with Gasteiger partial charge in [-0.05, 0) is 24.3 Å². The summed E-state index contributed by atoms with van der Waals surface area (Å²) in [5.74, 6) is -0.423. The number of hydrogen-bond donors (Lipinski definition) is 0. The Bertz CT molecular complexity index is 673. The zero-order valence-corrected chi connectivity index (χ0v) is 9.39. The Hall–Kier alpha value is -1.94. The summed E-state index contributed by atoms with van der Waals surface area (Å²) in [5.41, 5.74) is 1.65. The predicted octanol–water partition coefficient (Wildman–Crippen LogP) is 3.21. The van der Waals surface area contributed by atoms with Crippen LogP contribution < -0.4 is 0 Å². The van der Waals surface area contributed by atoms with Crippen molar-refractivity contribution in [3.05, 3.63) is 53.3 Å². The van der Waals surface area contributed by atoms with Gasteiger partial charge in [0.2, 0.25) is 0 Å². The van der Waals surface area contributed by atoms with E-state index in [0.29, 0.717) is 10.5 Å². The molecule has 2 aromatic carbocycles. The van der Waals surface area contributed by atoms with Gasteiger partial charge in [-0.1, -0.05) is 35.0 Å². The highest BCUT2D eigenvalue weighted by Gasteiger charge is 2.13. The number of benzene rings is 2. The van der Waals surface area contributed by atoms with E-state index in [1.54, 1.807) is 12.1 Å². The van der Waals surface area contributed by atoms with Crippen molar-refractivity contribution in [1.29, 1.82) is 0 Å². The molecule has 0 N–H and O–H groups in total. The summed E-state index contributed by atoms with van der Waals surface area (Å²) < 4.78 is 15.2. The maximum Gasteiger partial charge on any atom is 0.150 e. The fourth-order valence-electron chi connectivity index (χ4n) is 1.73. The number of halogens is 2. The van der Waals surface area contributed by atoms with Gasteiger partial charge in [-0.25, -0.2) is 9.07 Å². The first-order chi connectivity index (χ1) is 8.27. The van der Waals surface area contributed by atoms with Gasteiger partial charge in [-0.2, -0.15) is 0 Å². The average molecular weight is 248 g/mol. The van der Waals surface area contributed by atoms with Crippen molar-refractivity contribution in [1.82, 2.24) is 15.0 Å². The largest absolute Gasteiger partial charge is 0.208 e. The molecule has 0 spiro atoms. The third-order valence-electron chi connectivity index (χ3n) is 2.50. The molecular formula is C12H7ClFN3. The van der Waals surface area contributed by atoms with Crippen LogP contribution in [0.3, 0.4) is 0 Å². The monoisotopic (exact) mass is 247 g/mol. The first kappa shape index (κ1) is 10.2. The van der Waals surface area contributed by atoms with Gasteiger partial charge < -0.3 is 0 Å². The smallest absolute Gasteiger partial charge is 0.150 e. The van der Waals surface area contributed by atoms with Crippen molar-refractivity contribution < 1.29 is 4.39 Å². The lowest BCUT2D eigenvalue weighted by atomic mass is 10.2. The molecule has 0 saturated carbocycles. The molecule has 0 aliphatic carbocycles. The second-order valence-electron chi connectivity index (χ2n) is 3.56. The second kappa shape index (κ2) is 3.82. The molecule has 0 radical (unpaired) electrons. The van der Waals surface area contributed by atoms with E-state index < -0.39 is 5.82 Å². The minimum atomic E-state index is -0.423. The second-order valence-corrected chi connectivity index (χ2v) is 3.97. The molecule has 0 aliphatic rings. The lowest BCUT2D eigenvalue weighted by Gasteiger charge is -2.05. The molecule has 3 nitrogen and oxygen atoms in total. The Kier molecular flexibility index (Phi) is 2.30. The molecule has 0 amide bonds. The molecule has 0 fully saturated rings. The van der Waals surface area contributed by atoms with E-state index in [9.17, 15) is 4.39 Å². The first-order valence-electron chi connectivity index (χ1n) is 5.02. The summed E-state index contributed by atoms with van der Waals surface area (Å²) in [7, 11) is 0. The zero-order valence-electron chi connectivity index (χ0n) is 8.64. The molecule has 0 saturated heterocycles. The van der Waals surface area contributed by atoms with Crippen molar-refractivity contribution >= 4 is 22.6 Å². The van der Waals surface area contributed by atoms with Crippen molar-refractivity contribution in [2.45, 2.75) is 0 Å². The number of hydrogen-bond acceptors (Lipinski definition) is 2. The quantitative estimate of drug-likeness (QED) is 0.661. The fourth-order valence-corrected chi connectivity index (χ4v) is 1.97. The van der Waals surface area contributed by atoms with E-state index in [2.05, 4.69) is 10.3 Å². The van der Waals surface area contributed by atoms with Crippen LogP contribution in [-0.4, -0.2) is 15.0 Å². The van der Waals surface area contributed by atoms with E-state index >= 15 is 0 Å². The first-order valence-corrected chi connectivity index (χ1v) is 5.40. The van der Waals surface area contributed by atoms with Gasteiger partial charge in [0.05, 0.1) is 10.5 Å². The summed E-state index contributed by atoms with van der Waals surface area (Å²) in [4.78, 5) is 0. The van der Waals surface area contributed by atoms with Gasteiger partial charge in [0.1, 0.15) is 17.0 Å². The van der Waals surface area contributed by atoms with Gasteiger partial charge in [0, 0.05) is 0 Å². The highest BCUT2D eigenvalue weighted by molar-refractivity contribution is 6.32. The molecule has 17 heavy (non-hydrogen) atoms. The van der Waals surface area contributed by atoms with Crippen LogP contribution >= 0.6 is 11.6 Å². The molecule has 3 aromatic rings. The van der Waals surface area contributed by atoms with Crippen LogP contribution in [-0.2, 0) is 0 Å². The normalized spacial score (nSPS) is 10.9. The number of aromatic nitrogens is 3. The number of para-hydroxylation sites is 2. The standard InChI is InChI=1S/C12H7ClFN3/c13-8-4-3-5-9(14)12(8)17-11-7-2-1-6-10(11)15-16-17/h1-7H. The minimum absolute atomic E-state index is 0.225. The van der Waals surface area contributed by atoms with Crippen molar-refractivity contribution in [3.63, 3.8) is 0 Å². The molecule has 0 bridgehead atoms. The van der Waals surface area contributed by atoms with Crippen LogP contribution in [0.4, 0.5) is 4.39 Å². The number of rotatable bonds is 1. The average Bonchev–Trinajstić information content (AvgIpc) is 2.73. The van der Waals surface area contributed by atoms with Crippen molar-refractivity contribution in [2.24, 2.45) is 0 Å². The minimum Gasteiger partial charge on any atom is -0.208 e. The topological polar surface area (TPSA) is 30.7 Å². The summed E-state index contributed by atoms with van der Waals surface area (Å²) in [6, 6.07) is 11.8. The Morgan fingerprint density at radius 3 is 2.71 bits per heavy atom. The van der Waals surface area contributed by atoms with Crippen LogP contribution in [0.1, 0.15) is 0 Å². The lowest BCUT2D eigenvalue weighted by molar-refractivity contribution is 0.610. The zero-order chi connectivity index (χ0) is 11.8. The van der Waals surface area contributed by atoms with Gasteiger partial charge in [0.25, 0.3) is 0 Å².